The molecule has 1 aromatic carbocycles. The number of ketones is 1. The van der Waals surface area contributed by atoms with Crippen LogP contribution in [0.3, 0.4) is 0 Å². The molecule has 0 saturated carbocycles. The first kappa shape index (κ1) is 17.7. The molecular formula is C22H25N3O2. The zero-order valence-electron chi connectivity index (χ0n) is 15.9. The Bertz CT molecular complexity index is 883. The van der Waals surface area contributed by atoms with E-state index < -0.39 is 0 Å². The minimum atomic E-state index is 0.167. The first-order valence-corrected chi connectivity index (χ1v) is 9.46. The van der Waals surface area contributed by atoms with Crippen molar-refractivity contribution in [3.63, 3.8) is 0 Å². The topological polar surface area (TPSA) is 45.7 Å². The number of piperazine rings is 1. The molecule has 5 heteroatoms. The number of anilines is 1. The molecule has 5 nitrogen and oxygen atoms in total. The van der Waals surface area contributed by atoms with E-state index in [-0.39, 0.29) is 5.78 Å². The van der Waals surface area contributed by atoms with Crippen molar-refractivity contribution in [2.75, 3.05) is 45.2 Å². The maximum absolute atomic E-state index is 12.8. The Kier molecular flexibility index (Phi) is 4.94. The second-order valence-electron chi connectivity index (χ2n) is 7.24. The number of likely N-dealkylation sites (N-methyl/N-ethyl adjacent to an activating group) is 1. The number of hydrogen-bond donors (Lipinski definition) is 0. The Morgan fingerprint density at radius 1 is 1.04 bits per heavy atom. The Labute approximate surface area is 160 Å². The molecule has 2 aromatic rings. The van der Waals surface area contributed by atoms with Crippen molar-refractivity contribution in [1.82, 2.24) is 9.88 Å². The number of allylic oxidation sites excluding steroid dienone is 1. The monoisotopic (exact) mass is 363 g/mol. The van der Waals surface area contributed by atoms with Gasteiger partial charge in [0.25, 0.3) is 0 Å². The second-order valence-corrected chi connectivity index (χ2v) is 7.24. The van der Waals surface area contributed by atoms with Crippen molar-refractivity contribution < 1.29 is 9.53 Å². The van der Waals surface area contributed by atoms with Crippen LogP contribution in [0.2, 0.25) is 0 Å². The summed E-state index contributed by atoms with van der Waals surface area (Å²) in [4.78, 5) is 21.7. The summed E-state index contributed by atoms with van der Waals surface area (Å²) < 4.78 is 5.21. The highest BCUT2D eigenvalue weighted by atomic mass is 16.5. The fourth-order valence-electron chi connectivity index (χ4n) is 3.76. The lowest BCUT2D eigenvalue weighted by Crippen LogP contribution is -2.44. The van der Waals surface area contributed by atoms with Crippen LogP contribution in [0, 0.1) is 0 Å². The first-order chi connectivity index (χ1) is 13.1. The van der Waals surface area contributed by atoms with Gasteiger partial charge in [-0.2, -0.15) is 0 Å². The summed E-state index contributed by atoms with van der Waals surface area (Å²) in [5.41, 5.74) is 5.24. The maximum Gasteiger partial charge on any atom is 0.213 e. The lowest BCUT2D eigenvalue weighted by Gasteiger charge is -2.34. The molecule has 0 spiro atoms. The lowest BCUT2D eigenvalue weighted by molar-refractivity contribution is -0.113. The summed E-state index contributed by atoms with van der Waals surface area (Å²) in [6, 6.07) is 10.3. The van der Waals surface area contributed by atoms with Gasteiger partial charge in [-0.1, -0.05) is 6.07 Å². The second kappa shape index (κ2) is 7.53. The van der Waals surface area contributed by atoms with Crippen LogP contribution in [-0.2, 0) is 11.2 Å². The SMILES string of the molecule is COc1cc(C2=Cc3ccc(N4CCN(C)CC4)cc3CCC2=O)ccn1. The Morgan fingerprint density at radius 3 is 2.63 bits per heavy atom. The van der Waals surface area contributed by atoms with Crippen LogP contribution in [0.5, 0.6) is 5.88 Å². The summed E-state index contributed by atoms with van der Waals surface area (Å²) in [6.07, 6.45) is 5.01. The van der Waals surface area contributed by atoms with Crippen LogP contribution in [-0.4, -0.2) is 56.0 Å². The van der Waals surface area contributed by atoms with Gasteiger partial charge in [-0.25, -0.2) is 4.98 Å². The fourth-order valence-corrected chi connectivity index (χ4v) is 3.76. The molecular weight excluding hydrogens is 338 g/mol. The quantitative estimate of drug-likeness (QED) is 0.839. The van der Waals surface area contributed by atoms with E-state index in [9.17, 15) is 4.79 Å². The van der Waals surface area contributed by atoms with Crippen molar-refractivity contribution in [2.45, 2.75) is 12.8 Å². The highest BCUT2D eigenvalue weighted by Crippen LogP contribution is 2.31. The Morgan fingerprint density at radius 2 is 1.85 bits per heavy atom. The Balaban J connectivity index is 1.66. The predicted octanol–water partition coefficient (Wildman–Crippen LogP) is 2.90. The van der Waals surface area contributed by atoms with Gasteiger partial charge < -0.3 is 14.5 Å². The molecule has 0 atom stereocenters. The minimum absolute atomic E-state index is 0.167. The molecule has 140 valence electrons. The van der Waals surface area contributed by atoms with Gasteiger partial charge in [-0.15, -0.1) is 0 Å². The number of carbonyl (C=O) groups is 1. The van der Waals surface area contributed by atoms with E-state index in [1.807, 2.05) is 18.2 Å². The van der Waals surface area contributed by atoms with Crippen molar-refractivity contribution in [3.05, 3.63) is 53.2 Å². The van der Waals surface area contributed by atoms with Gasteiger partial charge in [-0.3, -0.25) is 4.79 Å². The molecule has 1 aliphatic heterocycles. The number of benzene rings is 1. The molecule has 0 unspecified atom stereocenters. The Hall–Kier alpha value is -2.66. The molecule has 1 saturated heterocycles. The molecule has 2 heterocycles. The van der Waals surface area contributed by atoms with Crippen LogP contribution in [0.25, 0.3) is 11.6 Å². The number of hydrogen-bond acceptors (Lipinski definition) is 5. The van der Waals surface area contributed by atoms with Gasteiger partial charge in [0, 0.05) is 56.1 Å². The zero-order chi connectivity index (χ0) is 18.8. The highest BCUT2D eigenvalue weighted by Gasteiger charge is 2.20. The van der Waals surface area contributed by atoms with Crippen LogP contribution < -0.4 is 9.64 Å². The van der Waals surface area contributed by atoms with E-state index in [1.165, 1.54) is 11.3 Å². The summed E-state index contributed by atoms with van der Waals surface area (Å²) in [7, 11) is 3.75. The van der Waals surface area contributed by atoms with Gasteiger partial charge in [0.15, 0.2) is 5.78 Å². The molecule has 1 aromatic heterocycles. The summed E-state index contributed by atoms with van der Waals surface area (Å²) in [5, 5.41) is 0. The smallest absolute Gasteiger partial charge is 0.213 e. The van der Waals surface area contributed by atoms with Crippen molar-refractivity contribution in [2.24, 2.45) is 0 Å². The van der Waals surface area contributed by atoms with E-state index in [0.29, 0.717) is 12.3 Å². The van der Waals surface area contributed by atoms with Crippen LogP contribution in [0.1, 0.15) is 23.1 Å². The van der Waals surface area contributed by atoms with Crippen LogP contribution in [0.15, 0.2) is 36.5 Å². The summed E-state index contributed by atoms with van der Waals surface area (Å²) in [5.74, 6) is 0.691. The predicted molar refractivity (Wildman–Crippen MR) is 108 cm³/mol. The molecule has 0 bridgehead atoms. The van der Waals surface area contributed by atoms with Crippen molar-refractivity contribution in [1.29, 1.82) is 0 Å². The number of ether oxygens (including phenoxy) is 1. The first-order valence-electron chi connectivity index (χ1n) is 9.46. The van der Waals surface area contributed by atoms with Crippen molar-refractivity contribution in [3.8, 4) is 5.88 Å². The number of fused-ring (bicyclic) bond motifs is 1. The van der Waals surface area contributed by atoms with Gasteiger partial charge in [0.2, 0.25) is 5.88 Å². The van der Waals surface area contributed by atoms with Crippen molar-refractivity contribution >= 4 is 23.1 Å². The largest absolute Gasteiger partial charge is 0.481 e. The highest BCUT2D eigenvalue weighted by molar-refractivity contribution is 6.25. The van der Waals surface area contributed by atoms with E-state index in [1.54, 1.807) is 13.3 Å². The van der Waals surface area contributed by atoms with E-state index in [4.69, 9.17) is 4.74 Å². The number of nitrogens with zero attached hydrogens (tertiary/aromatic N) is 3. The number of pyridine rings is 1. The molecule has 4 rings (SSSR count). The normalized spacial score (nSPS) is 17.9. The van der Waals surface area contributed by atoms with Crippen LogP contribution in [0.4, 0.5) is 5.69 Å². The average molecular weight is 363 g/mol. The zero-order valence-corrected chi connectivity index (χ0v) is 15.9. The number of aryl methyl sites for hydroxylation is 1. The molecule has 1 aliphatic carbocycles. The minimum Gasteiger partial charge on any atom is -0.481 e. The van der Waals surface area contributed by atoms with E-state index in [0.717, 1.165) is 49.3 Å². The third-order valence-corrected chi connectivity index (χ3v) is 5.47. The average Bonchev–Trinajstić information content (AvgIpc) is 2.87. The molecule has 0 radical (unpaired) electrons. The standard InChI is InChI=1S/C22H25N3O2/c1-24-9-11-25(12-10-24)19-5-3-17-14-20(21(26)6-4-16(17)13-19)18-7-8-23-22(15-18)27-2/h3,5,7-8,13-15H,4,6,9-12H2,1-2H3. The molecule has 0 amide bonds. The summed E-state index contributed by atoms with van der Waals surface area (Å²) >= 11 is 0. The fraction of sp³-hybridized carbons (Fsp3) is 0.364. The van der Waals surface area contributed by atoms with Crippen LogP contribution >= 0.6 is 0 Å². The molecule has 27 heavy (non-hydrogen) atoms. The van der Waals surface area contributed by atoms with Gasteiger partial charge >= 0.3 is 0 Å². The van der Waals surface area contributed by atoms with Gasteiger partial charge in [-0.05, 0) is 54.4 Å². The van der Waals surface area contributed by atoms with E-state index in [2.05, 4.69) is 40.0 Å². The molecule has 1 fully saturated rings. The molecule has 0 N–H and O–H groups in total. The third kappa shape index (κ3) is 3.74. The lowest BCUT2D eigenvalue weighted by atomic mass is 10.0. The number of Topliss-reactive ketones (excluding diaryl/α,β-unsaturated/α-hetero) is 1. The third-order valence-electron chi connectivity index (χ3n) is 5.47. The maximum atomic E-state index is 12.8. The number of aromatic nitrogens is 1. The number of methoxy groups -OCH3 is 1. The van der Waals surface area contributed by atoms with Gasteiger partial charge in [0.1, 0.15) is 0 Å². The number of carbonyl (C=O) groups excluding carboxylic acids is 1. The molecule has 2 aliphatic rings. The van der Waals surface area contributed by atoms with Gasteiger partial charge in [0.05, 0.1) is 7.11 Å². The van der Waals surface area contributed by atoms with E-state index >= 15 is 0 Å². The summed E-state index contributed by atoms with van der Waals surface area (Å²) in [6.45, 7) is 4.27. The number of rotatable bonds is 3.